The van der Waals surface area contributed by atoms with Crippen LogP contribution in [-0.4, -0.2) is 28.2 Å². The van der Waals surface area contributed by atoms with E-state index < -0.39 is 5.92 Å². The van der Waals surface area contributed by atoms with Gasteiger partial charge >= 0.3 is 0 Å². The van der Waals surface area contributed by atoms with E-state index in [0.717, 1.165) is 36.2 Å². The highest BCUT2D eigenvalue weighted by Gasteiger charge is 2.33. The minimum absolute atomic E-state index is 0.0191. The third kappa shape index (κ3) is 3.09. The molecule has 1 aliphatic carbocycles. The summed E-state index contributed by atoms with van der Waals surface area (Å²) in [5.74, 6) is -0.549. The van der Waals surface area contributed by atoms with E-state index in [1.165, 1.54) is 17.5 Å². The van der Waals surface area contributed by atoms with Gasteiger partial charge in [0, 0.05) is 31.9 Å². The van der Waals surface area contributed by atoms with Crippen molar-refractivity contribution in [2.45, 2.75) is 45.1 Å². The zero-order valence-corrected chi connectivity index (χ0v) is 15.0. The fourth-order valence-corrected chi connectivity index (χ4v) is 4.04. The summed E-state index contributed by atoms with van der Waals surface area (Å²) in [7, 11) is 0. The Morgan fingerprint density at radius 2 is 1.92 bits per heavy atom. The Morgan fingerprint density at radius 1 is 1.12 bits per heavy atom. The summed E-state index contributed by atoms with van der Waals surface area (Å²) in [6.45, 7) is 2.44. The summed E-state index contributed by atoms with van der Waals surface area (Å²) in [6, 6.07) is 9.94. The third-order valence-electron chi connectivity index (χ3n) is 5.44. The standard InChI is InChI=1S/C21H23N3O2/c1-14(25)24-12-16-8-5-11-22-20(16)18(13-24)21(26)23-19-10-4-7-15-6-2-3-9-17(15)19/h4-5,7-8,10-11,18H,2-3,6,9,12-13H2,1H3,(H,23,26). The number of nitrogens with one attached hydrogen (secondary N) is 1. The Kier molecular flexibility index (Phi) is 4.45. The molecule has 1 atom stereocenters. The Labute approximate surface area is 153 Å². The molecule has 0 spiro atoms. The number of nitrogens with zero attached hydrogens (tertiary/aromatic N) is 2. The molecule has 26 heavy (non-hydrogen) atoms. The van der Waals surface area contributed by atoms with Crippen molar-refractivity contribution in [1.29, 1.82) is 0 Å². The van der Waals surface area contributed by atoms with Gasteiger partial charge in [0.1, 0.15) is 0 Å². The average molecular weight is 349 g/mol. The SMILES string of the molecule is CC(=O)N1Cc2cccnc2C(C(=O)Nc2cccc3c2CCCC3)C1. The van der Waals surface area contributed by atoms with Crippen LogP contribution in [0.5, 0.6) is 0 Å². The number of carbonyl (C=O) groups excluding carboxylic acids is 2. The lowest BCUT2D eigenvalue weighted by atomic mass is 9.89. The highest BCUT2D eigenvalue weighted by molar-refractivity contribution is 5.97. The Balaban J connectivity index is 1.63. The number of benzene rings is 1. The molecule has 2 aromatic rings. The van der Waals surface area contributed by atoms with Gasteiger partial charge in [-0.3, -0.25) is 14.6 Å². The highest BCUT2D eigenvalue weighted by atomic mass is 16.2. The van der Waals surface area contributed by atoms with Crippen molar-refractivity contribution in [1.82, 2.24) is 9.88 Å². The molecule has 1 aromatic carbocycles. The third-order valence-corrected chi connectivity index (χ3v) is 5.44. The van der Waals surface area contributed by atoms with E-state index >= 15 is 0 Å². The zero-order chi connectivity index (χ0) is 18.1. The second kappa shape index (κ2) is 6.90. The van der Waals surface area contributed by atoms with Crippen molar-refractivity contribution in [3.8, 4) is 0 Å². The number of aromatic nitrogens is 1. The van der Waals surface area contributed by atoms with E-state index in [1.807, 2.05) is 24.3 Å². The number of aryl methyl sites for hydroxylation is 1. The number of amides is 2. The van der Waals surface area contributed by atoms with Gasteiger partial charge in [-0.15, -0.1) is 0 Å². The van der Waals surface area contributed by atoms with Crippen molar-refractivity contribution in [3.05, 3.63) is 58.9 Å². The maximum absolute atomic E-state index is 13.1. The summed E-state index contributed by atoms with van der Waals surface area (Å²) in [6.07, 6.45) is 6.16. The van der Waals surface area contributed by atoms with Gasteiger partial charge < -0.3 is 10.2 Å². The molecule has 0 saturated heterocycles. The quantitative estimate of drug-likeness (QED) is 0.906. The molecule has 5 nitrogen and oxygen atoms in total. The number of fused-ring (bicyclic) bond motifs is 2. The second-order valence-corrected chi connectivity index (χ2v) is 7.14. The lowest BCUT2D eigenvalue weighted by Crippen LogP contribution is -2.41. The molecule has 0 radical (unpaired) electrons. The largest absolute Gasteiger partial charge is 0.337 e. The molecule has 134 valence electrons. The molecule has 0 fully saturated rings. The molecule has 0 bridgehead atoms. The number of hydrogen-bond acceptors (Lipinski definition) is 3. The van der Waals surface area contributed by atoms with Gasteiger partial charge in [0.25, 0.3) is 0 Å². The van der Waals surface area contributed by atoms with E-state index in [2.05, 4.69) is 16.4 Å². The Hall–Kier alpha value is -2.69. The lowest BCUT2D eigenvalue weighted by Gasteiger charge is -2.32. The molecule has 2 amide bonds. The first kappa shape index (κ1) is 16.8. The monoisotopic (exact) mass is 349 g/mol. The van der Waals surface area contributed by atoms with Crippen molar-refractivity contribution in [2.24, 2.45) is 0 Å². The van der Waals surface area contributed by atoms with Crippen LogP contribution in [0.3, 0.4) is 0 Å². The minimum atomic E-state index is -0.441. The number of pyridine rings is 1. The predicted molar refractivity (Wildman–Crippen MR) is 99.8 cm³/mol. The molecule has 1 unspecified atom stereocenters. The smallest absolute Gasteiger partial charge is 0.235 e. The summed E-state index contributed by atoms with van der Waals surface area (Å²) in [4.78, 5) is 31.2. The highest BCUT2D eigenvalue weighted by Crippen LogP contribution is 2.31. The summed E-state index contributed by atoms with van der Waals surface area (Å²) in [5.41, 5.74) is 5.23. The molecule has 5 heteroatoms. The fraction of sp³-hybridized carbons (Fsp3) is 0.381. The summed E-state index contributed by atoms with van der Waals surface area (Å²) in [5, 5.41) is 3.12. The zero-order valence-electron chi connectivity index (χ0n) is 15.0. The van der Waals surface area contributed by atoms with E-state index in [-0.39, 0.29) is 11.8 Å². The van der Waals surface area contributed by atoms with Gasteiger partial charge in [-0.2, -0.15) is 0 Å². The van der Waals surface area contributed by atoms with E-state index in [4.69, 9.17) is 0 Å². The molecule has 4 rings (SSSR count). The lowest BCUT2D eigenvalue weighted by molar-refractivity contribution is -0.131. The van der Waals surface area contributed by atoms with Crippen molar-refractivity contribution >= 4 is 17.5 Å². The van der Waals surface area contributed by atoms with Crippen LogP contribution in [0.4, 0.5) is 5.69 Å². The van der Waals surface area contributed by atoms with Gasteiger partial charge in [0.2, 0.25) is 11.8 Å². The van der Waals surface area contributed by atoms with Crippen molar-refractivity contribution in [3.63, 3.8) is 0 Å². The van der Waals surface area contributed by atoms with Crippen LogP contribution in [0.2, 0.25) is 0 Å². The first-order chi connectivity index (χ1) is 12.6. The molecular weight excluding hydrogens is 326 g/mol. The van der Waals surface area contributed by atoms with Crippen LogP contribution in [0.1, 0.15) is 48.1 Å². The number of rotatable bonds is 2. The van der Waals surface area contributed by atoms with Crippen LogP contribution >= 0.6 is 0 Å². The molecule has 1 N–H and O–H groups in total. The second-order valence-electron chi connectivity index (χ2n) is 7.14. The first-order valence-corrected chi connectivity index (χ1v) is 9.24. The summed E-state index contributed by atoms with van der Waals surface area (Å²) >= 11 is 0. The van der Waals surface area contributed by atoms with Gasteiger partial charge in [-0.25, -0.2) is 0 Å². The molecule has 0 saturated carbocycles. The van der Waals surface area contributed by atoms with Gasteiger partial charge in [0.15, 0.2) is 0 Å². The molecule has 2 heterocycles. The van der Waals surface area contributed by atoms with Crippen LogP contribution in [-0.2, 0) is 29.0 Å². The van der Waals surface area contributed by atoms with Gasteiger partial charge in [-0.1, -0.05) is 18.2 Å². The van der Waals surface area contributed by atoms with Crippen LogP contribution in [0.15, 0.2) is 36.5 Å². The van der Waals surface area contributed by atoms with Crippen LogP contribution < -0.4 is 5.32 Å². The predicted octanol–water partition coefficient (Wildman–Crippen LogP) is 3.04. The molecule has 1 aliphatic heterocycles. The van der Waals surface area contributed by atoms with Crippen LogP contribution in [0.25, 0.3) is 0 Å². The number of carbonyl (C=O) groups is 2. The molecule has 2 aliphatic rings. The van der Waals surface area contributed by atoms with Crippen LogP contribution in [0, 0.1) is 0 Å². The van der Waals surface area contributed by atoms with E-state index in [0.29, 0.717) is 13.1 Å². The maximum atomic E-state index is 13.1. The van der Waals surface area contributed by atoms with Gasteiger partial charge in [-0.05, 0) is 54.5 Å². The molecule has 1 aromatic heterocycles. The normalized spacial score (nSPS) is 18.7. The van der Waals surface area contributed by atoms with E-state index in [9.17, 15) is 9.59 Å². The minimum Gasteiger partial charge on any atom is -0.337 e. The van der Waals surface area contributed by atoms with Gasteiger partial charge in [0.05, 0.1) is 11.6 Å². The van der Waals surface area contributed by atoms with E-state index in [1.54, 1.807) is 18.0 Å². The summed E-state index contributed by atoms with van der Waals surface area (Å²) < 4.78 is 0. The van der Waals surface area contributed by atoms with Crippen molar-refractivity contribution < 1.29 is 9.59 Å². The Bertz CT molecular complexity index is 862. The fourth-order valence-electron chi connectivity index (χ4n) is 4.04. The number of hydrogen-bond donors (Lipinski definition) is 1. The average Bonchev–Trinajstić information content (AvgIpc) is 2.67. The maximum Gasteiger partial charge on any atom is 0.235 e. The Morgan fingerprint density at radius 3 is 2.77 bits per heavy atom. The molecular formula is C21H23N3O2. The topological polar surface area (TPSA) is 62.3 Å². The van der Waals surface area contributed by atoms with Crippen molar-refractivity contribution in [2.75, 3.05) is 11.9 Å². The number of anilines is 1. The first-order valence-electron chi connectivity index (χ1n) is 9.24.